The van der Waals surface area contributed by atoms with Gasteiger partial charge in [0, 0.05) is 54.1 Å². The van der Waals surface area contributed by atoms with Gasteiger partial charge < -0.3 is 9.32 Å². The van der Waals surface area contributed by atoms with Crippen LogP contribution in [0.25, 0.3) is 75.1 Å². The molecule has 0 saturated carbocycles. The number of fused-ring (bicyclic) bond motifs is 7. The molecule has 0 spiro atoms. The molecule has 10 rings (SSSR count). The lowest BCUT2D eigenvalue weighted by Gasteiger charge is -2.26. The molecule has 0 fully saturated rings. The molecule has 0 aliphatic heterocycles. The standard InChI is InChI=1S/C46H29NOS/c1-2-13-37-30(9-1)10-8-16-38(37)31-19-22-34(23-20-31)47(36-24-25-40-39-14-3-5-17-43(39)48-44(40)29-36)35-12-7-11-32(27-35)33-21-26-46-42(28-33)41-15-4-6-18-45(41)49-46/h1-29H/i19D,20D,22D,23D. The molecule has 49 heavy (non-hydrogen) atoms. The van der Waals surface area contributed by atoms with Crippen LogP contribution in [0.4, 0.5) is 17.1 Å². The molecule has 0 unspecified atom stereocenters. The van der Waals surface area contributed by atoms with Crippen molar-refractivity contribution in [2.24, 2.45) is 0 Å². The quantitative estimate of drug-likeness (QED) is 0.185. The van der Waals surface area contributed by atoms with E-state index >= 15 is 0 Å². The second kappa shape index (κ2) is 11.2. The summed E-state index contributed by atoms with van der Waals surface area (Å²) in [5.41, 5.74) is 5.92. The molecule has 0 amide bonds. The van der Waals surface area contributed by atoms with Gasteiger partial charge in [-0.05, 0) is 93.6 Å². The fourth-order valence-electron chi connectivity index (χ4n) is 6.99. The van der Waals surface area contributed by atoms with Gasteiger partial charge in [-0.1, -0.05) is 109 Å². The van der Waals surface area contributed by atoms with Crippen LogP contribution in [0.5, 0.6) is 0 Å². The first kappa shape index (κ1) is 24.1. The van der Waals surface area contributed by atoms with E-state index < -0.39 is 0 Å². The number of thiophene rings is 1. The molecular formula is C46H29NOS. The molecule has 0 aliphatic carbocycles. The Balaban J connectivity index is 1.20. The maximum atomic E-state index is 9.52. The zero-order chi connectivity index (χ0) is 35.8. The maximum Gasteiger partial charge on any atom is 0.137 e. The predicted molar refractivity (Wildman–Crippen MR) is 210 cm³/mol. The van der Waals surface area contributed by atoms with Gasteiger partial charge in [-0.15, -0.1) is 11.3 Å². The summed E-state index contributed by atoms with van der Waals surface area (Å²) in [6.45, 7) is 0. The second-order valence-corrected chi connectivity index (χ2v) is 13.3. The Morgan fingerprint density at radius 2 is 1.12 bits per heavy atom. The van der Waals surface area contributed by atoms with Gasteiger partial charge in [-0.2, -0.15) is 0 Å². The minimum absolute atomic E-state index is 0.0990. The molecule has 0 saturated heterocycles. The average molecular weight is 648 g/mol. The van der Waals surface area contributed by atoms with Crippen molar-refractivity contribution in [2.75, 3.05) is 4.90 Å². The number of hydrogen-bond acceptors (Lipinski definition) is 3. The van der Waals surface area contributed by atoms with Crippen molar-refractivity contribution < 1.29 is 9.90 Å². The maximum absolute atomic E-state index is 9.52. The van der Waals surface area contributed by atoms with Crippen LogP contribution in [-0.2, 0) is 0 Å². The van der Waals surface area contributed by atoms with E-state index in [1.807, 2.05) is 102 Å². The summed E-state index contributed by atoms with van der Waals surface area (Å²) < 4.78 is 46.6. The normalized spacial score (nSPS) is 12.8. The second-order valence-electron chi connectivity index (χ2n) is 12.2. The van der Waals surface area contributed by atoms with Crippen LogP contribution < -0.4 is 4.90 Å². The van der Waals surface area contributed by atoms with Crippen LogP contribution in [0.2, 0.25) is 0 Å². The zero-order valence-corrected chi connectivity index (χ0v) is 27.0. The molecule has 0 atom stereocenters. The van der Waals surface area contributed by atoms with Gasteiger partial charge in [0.1, 0.15) is 11.2 Å². The number of anilines is 3. The van der Waals surface area contributed by atoms with Crippen molar-refractivity contribution in [3.63, 3.8) is 0 Å². The third-order valence-electron chi connectivity index (χ3n) is 9.33. The number of furan rings is 1. The van der Waals surface area contributed by atoms with Crippen molar-refractivity contribution >= 4 is 81.3 Å². The van der Waals surface area contributed by atoms with Crippen LogP contribution in [-0.4, -0.2) is 0 Å². The molecule has 2 aromatic heterocycles. The summed E-state index contributed by atoms with van der Waals surface area (Å²) in [4.78, 5) is 1.84. The highest BCUT2D eigenvalue weighted by atomic mass is 32.1. The first-order valence-corrected chi connectivity index (χ1v) is 17.1. The molecule has 0 N–H and O–H groups in total. The summed E-state index contributed by atoms with van der Waals surface area (Å²) in [5.74, 6) is 0. The fraction of sp³-hybridized carbons (Fsp3) is 0. The van der Waals surface area contributed by atoms with Gasteiger partial charge in [0.15, 0.2) is 0 Å². The van der Waals surface area contributed by atoms with E-state index in [1.165, 1.54) is 20.2 Å². The van der Waals surface area contributed by atoms with Gasteiger partial charge in [0.25, 0.3) is 0 Å². The SMILES string of the molecule is [2H]c1c([2H])c(N(c2cccc(-c3ccc4sc5ccccc5c4c3)c2)c2ccc3c(c2)oc2ccccc23)c([2H])c([2H])c1-c1cccc2ccccc12. The lowest BCUT2D eigenvalue weighted by atomic mass is 9.98. The van der Waals surface area contributed by atoms with Gasteiger partial charge >= 0.3 is 0 Å². The Bertz CT molecular complexity index is 3060. The van der Waals surface area contributed by atoms with Crippen LogP contribution in [0.3, 0.4) is 0 Å². The molecule has 8 aromatic carbocycles. The van der Waals surface area contributed by atoms with Crippen molar-refractivity contribution in [1.29, 1.82) is 0 Å². The Kier molecular flexibility index (Phi) is 5.51. The Labute approximate surface area is 293 Å². The average Bonchev–Trinajstić information content (AvgIpc) is 3.76. The fourth-order valence-corrected chi connectivity index (χ4v) is 8.07. The summed E-state index contributed by atoms with van der Waals surface area (Å²) in [5, 5.41) is 6.23. The summed E-state index contributed by atoms with van der Waals surface area (Å²) in [6, 6.07) is 50.0. The third-order valence-corrected chi connectivity index (χ3v) is 10.5. The number of rotatable bonds is 5. The third kappa shape index (κ3) is 4.70. The number of benzene rings is 8. The summed E-state index contributed by atoms with van der Waals surface area (Å²) in [7, 11) is 0. The van der Waals surface area contributed by atoms with Gasteiger partial charge in [-0.25, -0.2) is 0 Å². The molecule has 2 heterocycles. The largest absolute Gasteiger partial charge is 0.456 e. The highest BCUT2D eigenvalue weighted by Crippen LogP contribution is 2.42. The van der Waals surface area contributed by atoms with E-state index in [0.29, 0.717) is 22.5 Å². The van der Waals surface area contributed by atoms with E-state index in [-0.39, 0.29) is 35.4 Å². The van der Waals surface area contributed by atoms with Crippen molar-refractivity contribution in [3.05, 3.63) is 176 Å². The molecule has 230 valence electrons. The molecule has 0 radical (unpaired) electrons. The minimum Gasteiger partial charge on any atom is -0.456 e. The smallest absolute Gasteiger partial charge is 0.137 e. The molecular weight excluding hydrogens is 615 g/mol. The van der Waals surface area contributed by atoms with Gasteiger partial charge in [-0.3, -0.25) is 0 Å². The van der Waals surface area contributed by atoms with E-state index in [1.54, 1.807) is 11.3 Å². The summed E-state index contributed by atoms with van der Waals surface area (Å²) in [6.07, 6.45) is 0. The van der Waals surface area contributed by atoms with Crippen LogP contribution >= 0.6 is 11.3 Å². The monoisotopic (exact) mass is 647 g/mol. The number of hydrogen-bond donors (Lipinski definition) is 0. The van der Waals surface area contributed by atoms with E-state index in [4.69, 9.17) is 4.42 Å². The highest BCUT2D eigenvalue weighted by Gasteiger charge is 2.17. The van der Waals surface area contributed by atoms with E-state index in [0.717, 1.165) is 38.3 Å². The minimum atomic E-state index is -0.129. The van der Waals surface area contributed by atoms with Crippen molar-refractivity contribution in [2.45, 2.75) is 0 Å². The van der Waals surface area contributed by atoms with Gasteiger partial charge in [0.2, 0.25) is 0 Å². The molecule has 10 aromatic rings. The first-order chi connectivity index (χ1) is 25.9. The number of nitrogens with zero attached hydrogens (tertiary/aromatic N) is 1. The topological polar surface area (TPSA) is 16.4 Å². The van der Waals surface area contributed by atoms with Crippen molar-refractivity contribution in [1.82, 2.24) is 0 Å². The van der Waals surface area contributed by atoms with E-state index in [9.17, 15) is 5.48 Å². The van der Waals surface area contributed by atoms with Crippen LogP contribution in [0.15, 0.2) is 180 Å². The van der Waals surface area contributed by atoms with Crippen LogP contribution in [0, 0.1) is 0 Å². The lowest BCUT2D eigenvalue weighted by molar-refractivity contribution is 0.669. The highest BCUT2D eigenvalue weighted by molar-refractivity contribution is 7.25. The van der Waals surface area contributed by atoms with Crippen LogP contribution in [0.1, 0.15) is 5.48 Å². The molecule has 0 aliphatic rings. The zero-order valence-electron chi connectivity index (χ0n) is 30.2. The molecule has 0 bridgehead atoms. The summed E-state index contributed by atoms with van der Waals surface area (Å²) >= 11 is 1.78. The Morgan fingerprint density at radius 3 is 2.04 bits per heavy atom. The van der Waals surface area contributed by atoms with Gasteiger partial charge in [0.05, 0.1) is 5.48 Å². The lowest BCUT2D eigenvalue weighted by Crippen LogP contribution is -2.10. The Morgan fingerprint density at radius 1 is 0.429 bits per heavy atom. The predicted octanol–water partition coefficient (Wildman–Crippen LogP) is 13.9. The molecule has 2 nitrogen and oxygen atoms in total. The Hall–Kier alpha value is -6.16. The first-order valence-electron chi connectivity index (χ1n) is 18.3. The number of para-hydroxylation sites is 1. The van der Waals surface area contributed by atoms with Crippen molar-refractivity contribution in [3.8, 4) is 22.3 Å². The molecule has 3 heteroatoms. The van der Waals surface area contributed by atoms with E-state index in [2.05, 4.69) is 54.6 Å².